The SMILES string of the molecule is N#CC(=CC(F)C(F)F)C(=O)O. The van der Waals surface area contributed by atoms with Crippen molar-refractivity contribution in [1.29, 1.82) is 5.26 Å². The van der Waals surface area contributed by atoms with Crippen molar-refractivity contribution in [1.82, 2.24) is 0 Å². The summed E-state index contributed by atoms with van der Waals surface area (Å²) in [5, 5.41) is 16.1. The van der Waals surface area contributed by atoms with E-state index in [4.69, 9.17) is 10.4 Å². The summed E-state index contributed by atoms with van der Waals surface area (Å²) >= 11 is 0. The number of nitrogens with zero attached hydrogens (tertiary/aromatic N) is 1. The standard InChI is InChI=1S/C6H4F3NO2/c7-4(5(8)9)1-3(2-10)6(11)12/h1,4-5H,(H,11,12). The molecule has 3 nitrogen and oxygen atoms in total. The van der Waals surface area contributed by atoms with Crippen LogP contribution in [-0.2, 0) is 4.79 Å². The normalized spacial score (nSPS) is 14.1. The first-order valence-corrected chi connectivity index (χ1v) is 2.76. The minimum atomic E-state index is -3.31. The Bertz CT molecular complexity index is 244. The molecule has 0 aliphatic carbocycles. The average Bonchev–Trinajstić information content (AvgIpc) is 1.98. The van der Waals surface area contributed by atoms with Crippen molar-refractivity contribution < 1.29 is 23.1 Å². The Kier molecular flexibility index (Phi) is 3.83. The summed E-state index contributed by atoms with van der Waals surface area (Å²) in [5.74, 6) is -1.72. The number of hydrogen-bond acceptors (Lipinski definition) is 2. The van der Waals surface area contributed by atoms with Gasteiger partial charge in [-0.15, -0.1) is 0 Å². The lowest BCUT2D eigenvalue weighted by Gasteiger charge is -1.99. The molecule has 66 valence electrons. The monoisotopic (exact) mass is 179 g/mol. The molecule has 6 heteroatoms. The molecule has 0 amide bonds. The lowest BCUT2D eigenvalue weighted by molar-refractivity contribution is -0.132. The molecule has 0 rings (SSSR count). The Morgan fingerprint density at radius 3 is 2.25 bits per heavy atom. The van der Waals surface area contributed by atoms with Gasteiger partial charge in [-0.25, -0.2) is 18.0 Å². The first kappa shape index (κ1) is 10.5. The van der Waals surface area contributed by atoms with Crippen LogP contribution in [0.3, 0.4) is 0 Å². The third-order valence-corrected chi connectivity index (χ3v) is 0.917. The van der Waals surface area contributed by atoms with Crippen molar-refractivity contribution >= 4 is 5.97 Å². The number of carboxylic acids is 1. The van der Waals surface area contributed by atoms with Crippen LogP contribution in [0.4, 0.5) is 13.2 Å². The third kappa shape index (κ3) is 3.05. The van der Waals surface area contributed by atoms with Gasteiger partial charge in [0.25, 0.3) is 6.43 Å². The van der Waals surface area contributed by atoms with E-state index in [9.17, 15) is 18.0 Å². The van der Waals surface area contributed by atoms with E-state index in [0.717, 1.165) is 6.07 Å². The largest absolute Gasteiger partial charge is 0.477 e. The molecule has 12 heavy (non-hydrogen) atoms. The molecule has 0 heterocycles. The van der Waals surface area contributed by atoms with Crippen LogP contribution in [0, 0.1) is 11.3 Å². The fourth-order valence-corrected chi connectivity index (χ4v) is 0.388. The van der Waals surface area contributed by atoms with Crippen LogP contribution in [0.25, 0.3) is 0 Å². The minimum absolute atomic E-state index is 0.0764. The predicted octanol–water partition coefficient (Wildman–Crippen LogP) is 1.12. The number of alkyl halides is 3. The molecule has 0 radical (unpaired) electrons. The number of carboxylic acid groups (broad SMARTS) is 1. The van der Waals surface area contributed by atoms with Crippen molar-refractivity contribution in [3.8, 4) is 6.07 Å². The van der Waals surface area contributed by atoms with Crippen LogP contribution in [-0.4, -0.2) is 23.7 Å². The van der Waals surface area contributed by atoms with Gasteiger partial charge < -0.3 is 5.11 Å². The van der Waals surface area contributed by atoms with Gasteiger partial charge in [-0.1, -0.05) is 0 Å². The maximum Gasteiger partial charge on any atom is 0.346 e. The molecule has 1 unspecified atom stereocenters. The summed E-state index contributed by atoms with van der Waals surface area (Å²) < 4.78 is 35.0. The van der Waals surface area contributed by atoms with Gasteiger partial charge in [0.15, 0.2) is 6.17 Å². The highest BCUT2D eigenvalue weighted by Gasteiger charge is 2.19. The van der Waals surface area contributed by atoms with E-state index < -0.39 is 24.1 Å². The molecule has 0 saturated heterocycles. The Balaban J connectivity index is 4.52. The fourth-order valence-electron chi connectivity index (χ4n) is 0.388. The van der Waals surface area contributed by atoms with E-state index in [-0.39, 0.29) is 6.08 Å². The number of carbonyl (C=O) groups is 1. The summed E-state index contributed by atoms with van der Waals surface area (Å²) in [6, 6.07) is 1.08. The second kappa shape index (κ2) is 4.38. The molecule has 0 aromatic heterocycles. The van der Waals surface area contributed by atoms with Crippen LogP contribution in [0.2, 0.25) is 0 Å². The summed E-state index contributed by atoms with van der Waals surface area (Å²) in [6.45, 7) is 0. The molecule has 0 aliphatic rings. The zero-order chi connectivity index (χ0) is 9.72. The van der Waals surface area contributed by atoms with Gasteiger partial charge in [0, 0.05) is 0 Å². The van der Waals surface area contributed by atoms with E-state index in [2.05, 4.69) is 0 Å². The third-order valence-electron chi connectivity index (χ3n) is 0.917. The van der Waals surface area contributed by atoms with Crippen LogP contribution < -0.4 is 0 Å². The van der Waals surface area contributed by atoms with E-state index in [1.165, 1.54) is 0 Å². The predicted molar refractivity (Wildman–Crippen MR) is 32.2 cm³/mol. The topological polar surface area (TPSA) is 61.1 Å². The van der Waals surface area contributed by atoms with Gasteiger partial charge in [0.1, 0.15) is 11.6 Å². The number of hydrogen-bond donors (Lipinski definition) is 1. The molecule has 0 spiro atoms. The molecule has 0 aliphatic heterocycles. The van der Waals surface area contributed by atoms with Crippen LogP contribution in [0.1, 0.15) is 0 Å². The Labute approximate surface area is 65.7 Å². The highest BCUT2D eigenvalue weighted by atomic mass is 19.3. The number of halogens is 3. The van der Waals surface area contributed by atoms with Crippen LogP contribution in [0.15, 0.2) is 11.6 Å². The molecule has 0 aromatic carbocycles. The summed E-state index contributed by atoms with van der Waals surface area (Å²) in [4.78, 5) is 9.99. The lowest BCUT2D eigenvalue weighted by Crippen LogP contribution is -2.11. The fraction of sp³-hybridized carbons (Fsp3) is 0.333. The number of rotatable bonds is 3. The van der Waals surface area contributed by atoms with Gasteiger partial charge in [-0.05, 0) is 6.08 Å². The zero-order valence-corrected chi connectivity index (χ0v) is 5.67. The van der Waals surface area contributed by atoms with E-state index in [1.54, 1.807) is 0 Å². The summed E-state index contributed by atoms with van der Waals surface area (Å²) in [7, 11) is 0. The number of nitriles is 1. The lowest BCUT2D eigenvalue weighted by atomic mass is 10.2. The second-order valence-electron chi connectivity index (χ2n) is 1.78. The Morgan fingerprint density at radius 1 is 1.50 bits per heavy atom. The van der Waals surface area contributed by atoms with Gasteiger partial charge in [0.05, 0.1) is 0 Å². The van der Waals surface area contributed by atoms with Gasteiger partial charge in [-0.3, -0.25) is 0 Å². The maximum absolute atomic E-state index is 12.1. The van der Waals surface area contributed by atoms with Crippen LogP contribution in [0.5, 0.6) is 0 Å². The quantitative estimate of drug-likeness (QED) is 0.521. The van der Waals surface area contributed by atoms with Crippen molar-refractivity contribution in [3.05, 3.63) is 11.6 Å². The second-order valence-corrected chi connectivity index (χ2v) is 1.78. The molecule has 0 aromatic rings. The summed E-state index contributed by atoms with van der Waals surface area (Å²) in [5.41, 5.74) is -1.03. The maximum atomic E-state index is 12.1. The average molecular weight is 179 g/mol. The van der Waals surface area contributed by atoms with Gasteiger partial charge >= 0.3 is 5.97 Å². The van der Waals surface area contributed by atoms with E-state index in [0.29, 0.717) is 0 Å². The first-order valence-electron chi connectivity index (χ1n) is 2.76. The van der Waals surface area contributed by atoms with Crippen LogP contribution >= 0.6 is 0 Å². The molecule has 1 atom stereocenters. The molecular formula is C6H4F3NO2. The highest BCUT2D eigenvalue weighted by Crippen LogP contribution is 2.09. The first-order chi connectivity index (χ1) is 5.49. The van der Waals surface area contributed by atoms with Gasteiger partial charge in [0.2, 0.25) is 0 Å². The molecular weight excluding hydrogens is 175 g/mol. The van der Waals surface area contributed by atoms with E-state index in [1.807, 2.05) is 0 Å². The Morgan fingerprint density at radius 2 is 2.00 bits per heavy atom. The van der Waals surface area contributed by atoms with Crippen molar-refractivity contribution in [3.63, 3.8) is 0 Å². The van der Waals surface area contributed by atoms with Crippen molar-refractivity contribution in [2.45, 2.75) is 12.6 Å². The van der Waals surface area contributed by atoms with Gasteiger partial charge in [-0.2, -0.15) is 5.26 Å². The highest BCUT2D eigenvalue weighted by molar-refractivity contribution is 5.91. The minimum Gasteiger partial charge on any atom is -0.477 e. The number of aliphatic carboxylic acids is 1. The molecule has 1 N–H and O–H groups in total. The zero-order valence-electron chi connectivity index (χ0n) is 5.67. The summed E-state index contributed by atoms with van der Waals surface area (Å²) in [6.07, 6.45) is -5.95. The van der Waals surface area contributed by atoms with Crippen molar-refractivity contribution in [2.75, 3.05) is 0 Å². The molecule has 0 fully saturated rings. The van der Waals surface area contributed by atoms with E-state index >= 15 is 0 Å². The number of allylic oxidation sites excluding steroid dienone is 1. The Hall–Kier alpha value is -1.51. The van der Waals surface area contributed by atoms with Crippen molar-refractivity contribution in [2.24, 2.45) is 0 Å². The molecule has 0 saturated carbocycles. The molecule has 0 bridgehead atoms. The smallest absolute Gasteiger partial charge is 0.346 e.